The summed E-state index contributed by atoms with van der Waals surface area (Å²) in [5, 5.41) is 22.6. The van der Waals surface area contributed by atoms with Gasteiger partial charge in [0, 0.05) is 37.6 Å². The molecule has 1 aliphatic carbocycles. The standard InChI is InChI=1S/C18H21N5O4.CH2O2/c1-23-10-11(2-3-16(23)25)18(27)22-14-6-12(7-15(14)24)17(26)21-9-13-8-19-4-5-20-13;2-1-3/h2-5,8,10,12,14-15,24H,6-7,9H2,1H3,(H,21,26)(H,22,27);1H,(H,2,3)/t12-,14-,15-;/m0./s1. The minimum atomic E-state index is -0.811. The van der Waals surface area contributed by atoms with Gasteiger partial charge in [0.15, 0.2) is 0 Å². The number of aliphatic hydroxyl groups excluding tert-OH is 1. The van der Waals surface area contributed by atoms with Crippen LogP contribution in [0.4, 0.5) is 0 Å². The molecule has 0 unspecified atom stereocenters. The molecule has 11 heteroatoms. The van der Waals surface area contributed by atoms with Crippen LogP contribution in [0, 0.1) is 5.92 Å². The Kier molecular flexibility index (Phi) is 8.18. The van der Waals surface area contributed by atoms with Crippen LogP contribution in [0.3, 0.4) is 0 Å². The molecule has 0 saturated heterocycles. The predicted molar refractivity (Wildman–Crippen MR) is 104 cm³/mol. The van der Waals surface area contributed by atoms with E-state index < -0.39 is 24.0 Å². The van der Waals surface area contributed by atoms with Crippen LogP contribution in [0.25, 0.3) is 0 Å². The van der Waals surface area contributed by atoms with Gasteiger partial charge in [-0.3, -0.25) is 29.1 Å². The molecule has 1 saturated carbocycles. The first-order valence-electron chi connectivity index (χ1n) is 9.11. The van der Waals surface area contributed by atoms with Crippen molar-refractivity contribution < 1.29 is 24.6 Å². The van der Waals surface area contributed by atoms with Gasteiger partial charge in [-0.05, 0) is 18.9 Å². The molecular weight excluding hydrogens is 394 g/mol. The van der Waals surface area contributed by atoms with Crippen LogP contribution < -0.4 is 16.2 Å². The fourth-order valence-corrected chi connectivity index (χ4v) is 3.11. The number of aliphatic hydroxyl groups is 1. The number of hydrogen-bond donors (Lipinski definition) is 4. The Labute approximate surface area is 171 Å². The van der Waals surface area contributed by atoms with Gasteiger partial charge >= 0.3 is 0 Å². The highest BCUT2D eigenvalue weighted by molar-refractivity contribution is 5.94. The number of rotatable bonds is 5. The predicted octanol–water partition coefficient (Wildman–Crippen LogP) is -0.938. The van der Waals surface area contributed by atoms with E-state index in [2.05, 4.69) is 20.6 Å². The molecule has 4 N–H and O–H groups in total. The van der Waals surface area contributed by atoms with Gasteiger partial charge in [-0.2, -0.15) is 0 Å². The van der Waals surface area contributed by atoms with Gasteiger partial charge in [0.05, 0.1) is 36.1 Å². The lowest BCUT2D eigenvalue weighted by Crippen LogP contribution is -2.40. The Bertz CT molecular complexity index is 933. The molecule has 1 fully saturated rings. The molecular formula is C19H23N5O6. The maximum atomic E-state index is 12.3. The van der Waals surface area contributed by atoms with E-state index in [1.165, 1.54) is 22.9 Å². The van der Waals surface area contributed by atoms with Gasteiger partial charge in [0.2, 0.25) is 11.5 Å². The lowest BCUT2D eigenvalue weighted by Gasteiger charge is -2.16. The number of aryl methyl sites for hydroxylation is 1. The number of carbonyl (C=O) groups is 3. The van der Waals surface area contributed by atoms with Crippen LogP contribution in [-0.4, -0.2) is 55.2 Å². The lowest BCUT2D eigenvalue weighted by molar-refractivity contribution is -0.125. The van der Waals surface area contributed by atoms with Gasteiger partial charge in [0.25, 0.3) is 12.4 Å². The molecule has 0 bridgehead atoms. The molecule has 0 aromatic carbocycles. The minimum Gasteiger partial charge on any atom is -0.483 e. The van der Waals surface area contributed by atoms with Crippen molar-refractivity contribution >= 4 is 18.3 Å². The summed E-state index contributed by atoms with van der Waals surface area (Å²) in [6, 6.07) is 2.22. The Hall–Kier alpha value is -3.60. The Morgan fingerprint density at radius 1 is 1.30 bits per heavy atom. The van der Waals surface area contributed by atoms with Crippen molar-refractivity contribution in [2.24, 2.45) is 13.0 Å². The Morgan fingerprint density at radius 3 is 2.67 bits per heavy atom. The van der Waals surface area contributed by atoms with E-state index in [1.807, 2.05) is 0 Å². The third kappa shape index (κ3) is 6.21. The summed E-state index contributed by atoms with van der Waals surface area (Å²) >= 11 is 0. The summed E-state index contributed by atoms with van der Waals surface area (Å²) in [4.78, 5) is 52.5. The number of pyridine rings is 1. The largest absolute Gasteiger partial charge is 0.483 e. The maximum absolute atomic E-state index is 12.3. The number of aromatic nitrogens is 3. The Morgan fingerprint density at radius 2 is 2.03 bits per heavy atom. The SMILES string of the molecule is Cn1cc(C(=O)N[C@H]2C[C@H](C(=O)NCc3cnccn3)C[C@@H]2O)ccc1=O.O=CO. The van der Waals surface area contributed by atoms with Gasteiger partial charge < -0.3 is 25.4 Å². The Balaban J connectivity index is 0.00000101. The highest BCUT2D eigenvalue weighted by atomic mass is 16.3. The lowest BCUT2D eigenvalue weighted by atomic mass is 10.1. The van der Waals surface area contributed by atoms with Gasteiger partial charge in [0.1, 0.15) is 0 Å². The molecule has 0 aliphatic heterocycles. The van der Waals surface area contributed by atoms with Crippen molar-refractivity contribution in [3.63, 3.8) is 0 Å². The maximum Gasteiger partial charge on any atom is 0.290 e. The molecule has 160 valence electrons. The molecule has 2 heterocycles. The molecule has 3 rings (SSSR count). The van der Waals surface area contributed by atoms with Crippen LogP contribution >= 0.6 is 0 Å². The van der Waals surface area contributed by atoms with Crippen molar-refractivity contribution in [3.8, 4) is 0 Å². The molecule has 2 amide bonds. The third-order valence-electron chi connectivity index (χ3n) is 4.62. The van der Waals surface area contributed by atoms with Gasteiger partial charge in [-0.15, -0.1) is 0 Å². The third-order valence-corrected chi connectivity index (χ3v) is 4.62. The number of nitrogens with one attached hydrogen (secondary N) is 2. The van der Waals surface area contributed by atoms with E-state index in [0.717, 1.165) is 0 Å². The molecule has 2 aromatic heterocycles. The molecule has 0 spiro atoms. The van der Waals surface area contributed by atoms with Crippen LogP contribution in [0.5, 0.6) is 0 Å². The number of hydrogen-bond acceptors (Lipinski definition) is 7. The topological polar surface area (TPSA) is 164 Å². The summed E-state index contributed by atoms with van der Waals surface area (Å²) in [6.07, 6.45) is 5.90. The number of carboxylic acid groups (broad SMARTS) is 1. The fourth-order valence-electron chi connectivity index (χ4n) is 3.11. The summed E-state index contributed by atoms with van der Waals surface area (Å²) in [7, 11) is 1.56. The number of amides is 2. The second-order valence-electron chi connectivity index (χ2n) is 6.70. The van der Waals surface area contributed by atoms with Crippen molar-refractivity contribution in [2.45, 2.75) is 31.5 Å². The normalized spacial score (nSPS) is 19.9. The first-order chi connectivity index (χ1) is 14.3. The average molecular weight is 417 g/mol. The molecule has 11 nitrogen and oxygen atoms in total. The van der Waals surface area contributed by atoms with Crippen molar-refractivity contribution in [1.29, 1.82) is 0 Å². The highest BCUT2D eigenvalue weighted by Gasteiger charge is 2.37. The number of carbonyl (C=O) groups excluding carboxylic acids is 2. The summed E-state index contributed by atoms with van der Waals surface area (Å²) < 4.78 is 1.31. The van der Waals surface area contributed by atoms with E-state index in [4.69, 9.17) is 9.90 Å². The average Bonchev–Trinajstić information content (AvgIpc) is 3.10. The van der Waals surface area contributed by atoms with Gasteiger partial charge in [-0.25, -0.2) is 0 Å². The van der Waals surface area contributed by atoms with E-state index >= 15 is 0 Å². The van der Waals surface area contributed by atoms with Gasteiger partial charge in [-0.1, -0.05) is 0 Å². The second-order valence-corrected chi connectivity index (χ2v) is 6.70. The van der Waals surface area contributed by atoms with E-state index in [1.54, 1.807) is 25.6 Å². The first-order valence-corrected chi connectivity index (χ1v) is 9.11. The summed E-state index contributed by atoms with van der Waals surface area (Å²) in [6.45, 7) is 0.00827. The molecule has 1 aliphatic rings. The van der Waals surface area contributed by atoms with E-state index in [0.29, 0.717) is 17.7 Å². The zero-order valence-electron chi connectivity index (χ0n) is 16.3. The molecule has 2 aromatic rings. The molecule has 30 heavy (non-hydrogen) atoms. The smallest absolute Gasteiger partial charge is 0.290 e. The van der Waals surface area contributed by atoms with E-state index in [9.17, 15) is 19.5 Å². The minimum absolute atomic E-state index is 0.196. The first kappa shape index (κ1) is 22.7. The monoisotopic (exact) mass is 417 g/mol. The zero-order valence-corrected chi connectivity index (χ0v) is 16.3. The van der Waals surface area contributed by atoms with Crippen LogP contribution in [-0.2, 0) is 23.2 Å². The summed E-state index contributed by atoms with van der Waals surface area (Å²) in [5.74, 6) is -0.990. The quantitative estimate of drug-likeness (QED) is 0.453. The van der Waals surface area contributed by atoms with Crippen LogP contribution in [0.15, 0.2) is 41.7 Å². The van der Waals surface area contributed by atoms with Crippen LogP contribution in [0.2, 0.25) is 0 Å². The van der Waals surface area contributed by atoms with Crippen molar-refractivity contribution in [1.82, 2.24) is 25.2 Å². The zero-order chi connectivity index (χ0) is 22.1. The molecule has 0 radical (unpaired) electrons. The van der Waals surface area contributed by atoms with Crippen molar-refractivity contribution in [3.05, 3.63) is 58.5 Å². The highest BCUT2D eigenvalue weighted by Crippen LogP contribution is 2.26. The van der Waals surface area contributed by atoms with Crippen LogP contribution in [0.1, 0.15) is 28.9 Å². The van der Waals surface area contributed by atoms with Crippen molar-refractivity contribution in [2.75, 3.05) is 0 Å². The second kappa shape index (κ2) is 10.8. The fraction of sp³-hybridized carbons (Fsp3) is 0.368. The number of nitrogens with zero attached hydrogens (tertiary/aromatic N) is 3. The van der Waals surface area contributed by atoms with E-state index in [-0.39, 0.29) is 30.9 Å². The summed E-state index contributed by atoms with van der Waals surface area (Å²) in [5.41, 5.74) is 0.746. The molecule has 3 atom stereocenters.